The van der Waals surface area contributed by atoms with Gasteiger partial charge in [0.2, 0.25) is 0 Å². The van der Waals surface area contributed by atoms with Crippen molar-refractivity contribution in [3.63, 3.8) is 0 Å². The molecule has 0 saturated carbocycles. The number of hydrogen-bond acceptors (Lipinski definition) is 4. The molecule has 124 valence electrons. The van der Waals surface area contributed by atoms with E-state index in [1.165, 1.54) is 0 Å². The van der Waals surface area contributed by atoms with Gasteiger partial charge in [0.15, 0.2) is 0 Å². The fourth-order valence-electron chi connectivity index (χ4n) is 2.25. The predicted molar refractivity (Wildman–Crippen MR) is 88.6 cm³/mol. The van der Waals surface area contributed by atoms with Crippen LogP contribution in [0.25, 0.3) is 0 Å². The van der Waals surface area contributed by atoms with E-state index in [4.69, 9.17) is 9.47 Å². The molecule has 1 fully saturated rings. The summed E-state index contributed by atoms with van der Waals surface area (Å²) in [5.74, 6) is 0.740. The molecule has 5 nitrogen and oxygen atoms in total. The third-order valence-corrected chi connectivity index (χ3v) is 3.31. The lowest BCUT2D eigenvalue weighted by atomic mass is 10.1. The number of halogens is 1. The molecular formula is C16H25ClN2O3. The molecule has 1 aromatic rings. The van der Waals surface area contributed by atoms with Gasteiger partial charge in [0, 0.05) is 13.1 Å². The molecular weight excluding hydrogens is 304 g/mol. The van der Waals surface area contributed by atoms with Crippen LogP contribution >= 0.6 is 12.4 Å². The molecule has 1 aromatic carbocycles. The molecule has 1 amide bonds. The van der Waals surface area contributed by atoms with Crippen LogP contribution in [0.4, 0.5) is 0 Å². The van der Waals surface area contributed by atoms with Crippen molar-refractivity contribution in [3.05, 3.63) is 29.8 Å². The molecule has 0 aromatic heterocycles. The minimum atomic E-state index is -0.406. The van der Waals surface area contributed by atoms with Gasteiger partial charge in [-0.3, -0.25) is 4.79 Å². The van der Waals surface area contributed by atoms with Gasteiger partial charge in [-0.1, -0.05) is 12.1 Å². The lowest BCUT2D eigenvalue weighted by molar-refractivity contribution is -0.134. The fraction of sp³-hybridized carbons (Fsp3) is 0.562. The van der Waals surface area contributed by atoms with Crippen molar-refractivity contribution < 1.29 is 14.3 Å². The Labute approximate surface area is 138 Å². The van der Waals surface area contributed by atoms with Crippen LogP contribution in [0.5, 0.6) is 5.75 Å². The van der Waals surface area contributed by atoms with Gasteiger partial charge >= 0.3 is 0 Å². The summed E-state index contributed by atoms with van der Waals surface area (Å²) in [6, 6.07) is 7.72. The van der Waals surface area contributed by atoms with Crippen LogP contribution in [0.3, 0.4) is 0 Å². The Morgan fingerprint density at radius 2 is 2.18 bits per heavy atom. The molecule has 1 saturated heterocycles. The van der Waals surface area contributed by atoms with Crippen LogP contribution in [-0.2, 0) is 9.53 Å². The normalized spacial score (nSPS) is 19.2. The van der Waals surface area contributed by atoms with E-state index in [-0.39, 0.29) is 30.5 Å². The standard InChI is InChI=1S/C16H24N2O3.ClH/c1-11(2)21-14-6-4-5-13(9-14)12(3)18-16(19)15-10-17-7-8-20-15;/h4-6,9,11-12,15,17H,7-8,10H2,1-3H3,(H,18,19);1H. The summed E-state index contributed by atoms with van der Waals surface area (Å²) in [5, 5.41) is 6.14. The van der Waals surface area contributed by atoms with Crippen molar-refractivity contribution in [2.24, 2.45) is 0 Å². The Hall–Kier alpha value is -1.30. The molecule has 0 bridgehead atoms. The van der Waals surface area contributed by atoms with Crippen molar-refractivity contribution in [3.8, 4) is 5.75 Å². The highest BCUT2D eigenvalue weighted by Crippen LogP contribution is 2.20. The van der Waals surface area contributed by atoms with Crippen molar-refractivity contribution in [1.82, 2.24) is 10.6 Å². The summed E-state index contributed by atoms with van der Waals surface area (Å²) in [6.07, 6.45) is -0.275. The van der Waals surface area contributed by atoms with E-state index in [2.05, 4.69) is 10.6 Å². The maximum Gasteiger partial charge on any atom is 0.250 e. The Balaban J connectivity index is 0.00000242. The first-order valence-corrected chi connectivity index (χ1v) is 7.45. The van der Waals surface area contributed by atoms with E-state index in [0.29, 0.717) is 13.2 Å². The number of amides is 1. The summed E-state index contributed by atoms with van der Waals surface area (Å²) in [7, 11) is 0. The molecule has 22 heavy (non-hydrogen) atoms. The second-order valence-corrected chi connectivity index (χ2v) is 5.53. The van der Waals surface area contributed by atoms with Crippen LogP contribution < -0.4 is 15.4 Å². The number of carbonyl (C=O) groups excluding carboxylic acids is 1. The zero-order valence-corrected chi connectivity index (χ0v) is 14.1. The van der Waals surface area contributed by atoms with Crippen LogP contribution in [0.1, 0.15) is 32.4 Å². The van der Waals surface area contributed by atoms with Crippen molar-refractivity contribution in [2.75, 3.05) is 19.7 Å². The van der Waals surface area contributed by atoms with Crippen molar-refractivity contribution in [1.29, 1.82) is 0 Å². The molecule has 0 spiro atoms. The SMILES string of the molecule is CC(C)Oc1cccc(C(C)NC(=O)C2CNCCO2)c1.Cl. The Morgan fingerprint density at radius 1 is 1.41 bits per heavy atom. The second-order valence-electron chi connectivity index (χ2n) is 5.53. The minimum Gasteiger partial charge on any atom is -0.491 e. The highest BCUT2D eigenvalue weighted by atomic mass is 35.5. The molecule has 0 aliphatic carbocycles. The van der Waals surface area contributed by atoms with E-state index in [0.717, 1.165) is 17.9 Å². The first-order chi connectivity index (χ1) is 10.1. The third kappa shape index (κ3) is 5.48. The smallest absolute Gasteiger partial charge is 0.250 e. The average Bonchev–Trinajstić information content (AvgIpc) is 2.47. The number of rotatable bonds is 5. The molecule has 1 aliphatic rings. The Morgan fingerprint density at radius 3 is 2.82 bits per heavy atom. The van der Waals surface area contributed by atoms with Gasteiger partial charge in [0.05, 0.1) is 18.8 Å². The van der Waals surface area contributed by atoms with Gasteiger partial charge in [-0.25, -0.2) is 0 Å². The molecule has 1 aliphatic heterocycles. The van der Waals surface area contributed by atoms with Crippen LogP contribution in [0.2, 0.25) is 0 Å². The summed E-state index contributed by atoms with van der Waals surface area (Å²) >= 11 is 0. The lowest BCUT2D eigenvalue weighted by Crippen LogP contribution is -2.48. The molecule has 2 rings (SSSR count). The largest absolute Gasteiger partial charge is 0.491 e. The summed E-state index contributed by atoms with van der Waals surface area (Å²) in [4.78, 5) is 12.1. The van der Waals surface area contributed by atoms with Crippen molar-refractivity contribution in [2.45, 2.75) is 39.0 Å². The van der Waals surface area contributed by atoms with E-state index in [9.17, 15) is 4.79 Å². The number of carbonyl (C=O) groups is 1. The van der Waals surface area contributed by atoms with Crippen LogP contribution in [-0.4, -0.2) is 37.8 Å². The Kier molecular flexibility index (Phi) is 7.65. The van der Waals surface area contributed by atoms with Crippen LogP contribution in [0, 0.1) is 0 Å². The maximum atomic E-state index is 12.1. The van der Waals surface area contributed by atoms with Gasteiger partial charge in [-0.2, -0.15) is 0 Å². The first-order valence-electron chi connectivity index (χ1n) is 7.45. The number of nitrogens with one attached hydrogen (secondary N) is 2. The van der Waals surface area contributed by atoms with Gasteiger partial charge in [0.25, 0.3) is 5.91 Å². The van der Waals surface area contributed by atoms with Gasteiger partial charge < -0.3 is 20.1 Å². The monoisotopic (exact) mass is 328 g/mol. The van der Waals surface area contributed by atoms with Crippen LogP contribution in [0.15, 0.2) is 24.3 Å². The third-order valence-electron chi connectivity index (χ3n) is 3.31. The van der Waals surface area contributed by atoms with Gasteiger partial charge in [0.1, 0.15) is 11.9 Å². The number of hydrogen-bond donors (Lipinski definition) is 2. The van der Waals surface area contributed by atoms with Crippen molar-refractivity contribution >= 4 is 18.3 Å². The number of morpholine rings is 1. The molecule has 2 atom stereocenters. The van der Waals surface area contributed by atoms with E-state index < -0.39 is 6.10 Å². The average molecular weight is 329 g/mol. The van der Waals surface area contributed by atoms with E-state index >= 15 is 0 Å². The highest BCUT2D eigenvalue weighted by molar-refractivity contribution is 5.85. The first kappa shape index (κ1) is 18.7. The molecule has 2 unspecified atom stereocenters. The lowest BCUT2D eigenvalue weighted by Gasteiger charge is -2.25. The van der Waals surface area contributed by atoms with E-state index in [1.54, 1.807) is 0 Å². The predicted octanol–water partition coefficient (Wildman–Crippen LogP) is 2.06. The summed E-state index contributed by atoms with van der Waals surface area (Å²) in [5.41, 5.74) is 1.02. The Bertz CT molecular complexity index is 476. The molecule has 1 heterocycles. The fourth-order valence-corrected chi connectivity index (χ4v) is 2.25. The topological polar surface area (TPSA) is 59.6 Å². The van der Waals surface area contributed by atoms with E-state index in [1.807, 2.05) is 45.0 Å². The molecule has 6 heteroatoms. The minimum absolute atomic E-state index is 0. The second kappa shape index (κ2) is 8.98. The number of ether oxygens (including phenoxy) is 2. The zero-order valence-electron chi connectivity index (χ0n) is 13.3. The number of benzene rings is 1. The highest BCUT2D eigenvalue weighted by Gasteiger charge is 2.23. The summed E-state index contributed by atoms with van der Waals surface area (Å²) < 4.78 is 11.1. The summed E-state index contributed by atoms with van der Waals surface area (Å²) in [6.45, 7) is 7.88. The molecule has 0 radical (unpaired) electrons. The van der Waals surface area contributed by atoms with Gasteiger partial charge in [-0.15, -0.1) is 12.4 Å². The quantitative estimate of drug-likeness (QED) is 0.868. The zero-order chi connectivity index (χ0) is 15.2. The maximum absolute atomic E-state index is 12.1. The molecule has 2 N–H and O–H groups in total. The van der Waals surface area contributed by atoms with Gasteiger partial charge in [-0.05, 0) is 38.5 Å².